The molecule has 0 aromatic heterocycles. The van der Waals surface area contributed by atoms with E-state index in [2.05, 4.69) is 10.8 Å². The van der Waals surface area contributed by atoms with Crippen molar-refractivity contribution in [2.45, 2.75) is 6.92 Å². The van der Waals surface area contributed by atoms with Crippen LogP contribution in [-0.4, -0.2) is 22.8 Å². The van der Waals surface area contributed by atoms with E-state index in [4.69, 9.17) is 5.11 Å². The molecule has 0 aliphatic rings. The van der Waals surface area contributed by atoms with Gasteiger partial charge in [0.05, 0.1) is 6.61 Å². The second-order valence-corrected chi connectivity index (χ2v) is 2.34. The lowest BCUT2D eigenvalue weighted by molar-refractivity contribution is 0.0522. The van der Waals surface area contributed by atoms with E-state index in [-0.39, 0.29) is 23.7 Å². The Morgan fingerprint density at radius 2 is 2.31 bits per heavy atom. The number of aromatic hydroxyl groups is 2. The molecule has 1 aromatic carbocycles. The van der Waals surface area contributed by atoms with Crippen LogP contribution in [0.2, 0.25) is 0 Å². The van der Waals surface area contributed by atoms with Crippen LogP contribution in [0.25, 0.3) is 0 Å². The highest BCUT2D eigenvalue weighted by molar-refractivity contribution is 5.92. The lowest BCUT2D eigenvalue weighted by atomic mass is 10.2. The van der Waals surface area contributed by atoms with E-state index in [1.165, 1.54) is 0 Å². The smallest absolute Gasteiger partial charge is 0.342 e. The van der Waals surface area contributed by atoms with Crippen LogP contribution < -0.4 is 0 Å². The number of benzene rings is 1. The quantitative estimate of drug-likeness (QED) is 0.529. The van der Waals surface area contributed by atoms with Crippen molar-refractivity contribution in [1.29, 1.82) is 0 Å². The Balaban J connectivity index is 2.99. The molecular formula is C9H9O4. The molecule has 1 radical (unpaired) electrons. The van der Waals surface area contributed by atoms with E-state index >= 15 is 0 Å². The summed E-state index contributed by atoms with van der Waals surface area (Å²) in [7, 11) is 0. The molecule has 0 spiro atoms. The van der Waals surface area contributed by atoms with Crippen molar-refractivity contribution in [3.8, 4) is 11.5 Å². The maximum atomic E-state index is 11.1. The fourth-order valence-corrected chi connectivity index (χ4v) is 0.845. The fraction of sp³-hybridized carbons (Fsp3) is 0.222. The Labute approximate surface area is 75.4 Å². The molecule has 0 saturated heterocycles. The minimum atomic E-state index is -0.663. The highest BCUT2D eigenvalue weighted by Gasteiger charge is 2.12. The molecule has 2 N–H and O–H groups in total. The summed E-state index contributed by atoms with van der Waals surface area (Å²) in [6.07, 6.45) is 0. The summed E-state index contributed by atoms with van der Waals surface area (Å²) >= 11 is 0. The predicted octanol–water partition coefficient (Wildman–Crippen LogP) is 1.07. The molecule has 0 heterocycles. The van der Waals surface area contributed by atoms with Crippen LogP contribution in [0.1, 0.15) is 17.3 Å². The molecule has 1 aromatic rings. The van der Waals surface area contributed by atoms with Gasteiger partial charge in [0.2, 0.25) is 0 Å². The lowest BCUT2D eigenvalue weighted by Crippen LogP contribution is -2.04. The van der Waals surface area contributed by atoms with E-state index in [1.807, 2.05) is 0 Å². The third kappa shape index (κ3) is 2.11. The van der Waals surface area contributed by atoms with Crippen LogP contribution >= 0.6 is 0 Å². The second kappa shape index (κ2) is 3.80. The first kappa shape index (κ1) is 9.38. The standard InChI is InChI=1S/C9H9O4/c1-2-13-9(12)7-5-6(10)3-4-8(7)11/h4-5,10-11H,2H2,1H3. The van der Waals surface area contributed by atoms with Crippen LogP contribution in [0.3, 0.4) is 0 Å². The van der Waals surface area contributed by atoms with Gasteiger partial charge in [-0.05, 0) is 19.1 Å². The maximum absolute atomic E-state index is 11.1. The minimum Gasteiger partial charge on any atom is -0.507 e. The Hall–Kier alpha value is -1.71. The number of phenols is 2. The molecule has 69 valence electrons. The molecule has 4 heteroatoms. The van der Waals surface area contributed by atoms with E-state index in [0.717, 1.165) is 12.1 Å². The van der Waals surface area contributed by atoms with Crippen molar-refractivity contribution in [2.75, 3.05) is 6.61 Å². The van der Waals surface area contributed by atoms with E-state index in [9.17, 15) is 9.90 Å². The Kier molecular flexibility index (Phi) is 2.74. The molecule has 0 aliphatic carbocycles. The summed E-state index contributed by atoms with van der Waals surface area (Å²) in [5.41, 5.74) is -0.0573. The van der Waals surface area contributed by atoms with Crippen LogP contribution in [0, 0.1) is 6.07 Å². The highest BCUT2D eigenvalue weighted by atomic mass is 16.5. The Bertz CT molecular complexity index is 319. The number of carbonyl (C=O) groups excluding carboxylic acids is 1. The average Bonchev–Trinajstić information content (AvgIpc) is 2.09. The molecule has 13 heavy (non-hydrogen) atoms. The summed E-state index contributed by atoms with van der Waals surface area (Å²) < 4.78 is 4.64. The van der Waals surface area contributed by atoms with Gasteiger partial charge >= 0.3 is 5.97 Å². The van der Waals surface area contributed by atoms with E-state index < -0.39 is 5.97 Å². The number of hydrogen-bond acceptors (Lipinski definition) is 4. The van der Waals surface area contributed by atoms with Crippen molar-refractivity contribution in [3.63, 3.8) is 0 Å². The monoisotopic (exact) mass is 181 g/mol. The molecule has 0 bridgehead atoms. The topological polar surface area (TPSA) is 66.8 Å². The van der Waals surface area contributed by atoms with Gasteiger partial charge in [0.1, 0.15) is 17.1 Å². The first-order valence-electron chi connectivity index (χ1n) is 3.76. The summed E-state index contributed by atoms with van der Waals surface area (Å²) in [5.74, 6) is -1.12. The Morgan fingerprint density at radius 3 is 2.92 bits per heavy atom. The first-order chi connectivity index (χ1) is 6.15. The van der Waals surface area contributed by atoms with Crippen molar-refractivity contribution in [3.05, 3.63) is 23.8 Å². The van der Waals surface area contributed by atoms with Crippen LogP contribution in [0.4, 0.5) is 0 Å². The summed E-state index contributed by atoms with van der Waals surface area (Å²) in [6.45, 7) is 1.88. The molecule has 1 rings (SSSR count). The number of ether oxygens (including phenoxy) is 1. The molecule has 0 saturated carbocycles. The summed E-state index contributed by atoms with van der Waals surface area (Å²) in [5, 5.41) is 18.2. The third-order valence-corrected chi connectivity index (χ3v) is 1.41. The van der Waals surface area contributed by atoms with Crippen LogP contribution in [0.5, 0.6) is 11.5 Å². The van der Waals surface area contributed by atoms with E-state index in [0.29, 0.717) is 0 Å². The lowest BCUT2D eigenvalue weighted by Gasteiger charge is -2.03. The molecule has 0 amide bonds. The fourth-order valence-electron chi connectivity index (χ4n) is 0.845. The predicted molar refractivity (Wildman–Crippen MR) is 44.6 cm³/mol. The molecule has 0 fully saturated rings. The number of phenolic OH excluding ortho intramolecular Hbond substituents is 2. The Morgan fingerprint density at radius 1 is 1.62 bits per heavy atom. The van der Waals surface area contributed by atoms with Gasteiger partial charge in [-0.25, -0.2) is 4.79 Å². The molecular weight excluding hydrogens is 172 g/mol. The molecule has 0 unspecified atom stereocenters. The zero-order valence-electron chi connectivity index (χ0n) is 7.07. The minimum absolute atomic E-state index is 0.0573. The SMILES string of the molecule is CCOC(=O)c1cc(O)[c]cc1O. The summed E-state index contributed by atoms with van der Waals surface area (Å²) in [6, 6.07) is 4.55. The highest BCUT2D eigenvalue weighted by Crippen LogP contribution is 2.21. The van der Waals surface area contributed by atoms with Crippen molar-refractivity contribution >= 4 is 5.97 Å². The van der Waals surface area contributed by atoms with Gasteiger partial charge in [-0.3, -0.25) is 0 Å². The third-order valence-electron chi connectivity index (χ3n) is 1.41. The molecule has 0 atom stereocenters. The average molecular weight is 181 g/mol. The van der Waals surface area contributed by atoms with Gasteiger partial charge in [-0.2, -0.15) is 0 Å². The van der Waals surface area contributed by atoms with Gasteiger partial charge in [-0.15, -0.1) is 0 Å². The molecule has 0 aliphatic heterocycles. The van der Waals surface area contributed by atoms with Crippen molar-refractivity contribution in [2.24, 2.45) is 0 Å². The largest absolute Gasteiger partial charge is 0.507 e. The normalized spacial score (nSPS) is 9.62. The van der Waals surface area contributed by atoms with Crippen molar-refractivity contribution in [1.82, 2.24) is 0 Å². The van der Waals surface area contributed by atoms with Crippen LogP contribution in [0.15, 0.2) is 12.1 Å². The number of hydrogen-bond donors (Lipinski definition) is 2. The van der Waals surface area contributed by atoms with Crippen molar-refractivity contribution < 1.29 is 19.7 Å². The zero-order valence-corrected chi connectivity index (χ0v) is 7.07. The first-order valence-corrected chi connectivity index (χ1v) is 3.76. The number of esters is 1. The van der Waals surface area contributed by atoms with E-state index in [1.54, 1.807) is 6.92 Å². The zero-order chi connectivity index (χ0) is 9.84. The van der Waals surface area contributed by atoms with Gasteiger partial charge in [-0.1, -0.05) is 0 Å². The maximum Gasteiger partial charge on any atom is 0.342 e. The summed E-state index contributed by atoms with van der Waals surface area (Å²) in [4.78, 5) is 11.1. The number of rotatable bonds is 2. The van der Waals surface area contributed by atoms with Gasteiger partial charge in [0.25, 0.3) is 0 Å². The van der Waals surface area contributed by atoms with Gasteiger partial charge < -0.3 is 14.9 Å². The molecule has 4 nitrogen and oxygen atoms in total. The number of carbonyl (C=O) groups is 1. The van der Waals surface area contributed by atoms with Gasteiger partial charge in [0, 0.05) is 6.07 Å². The van der Waals surface area contributed by atoms with Gasteiger partial charge in [0.15, 0.2) is 0 Å². The second-order valence-electron chi connectivity index (χ2n) is 2.34. The van der Waals surface area contributed by atoms with Crippen LogP contribution in [-0.2, 0) is 4.74 Å².